The first kappa shape index (κ1) is 15.3. The van der Waals surface area contributed by atoms with Crippen LogP contribution in [0.5, 0.6) is 0 Å². The molecular weight excluding hydrogens is 296 g/mol. The van der Waals surface area contributed by atoms with Crippen LogP contribution in [0.15, 0.2) is 48.5 Å². The molecule has 2 aromatic rings. The third-order valence-corrected chi connectivity index (χ3v) is 3.67. The monoisotopic (exact) mass is 311 g/mol. The van der Waals surface area contributed by atoms with Crippen molar-refractivity contribution in [3.63, 3.8) is 0 Å². The van der Waals surface area contributed by atoms with E-state index >= 15 is 0 Å². The zero-order chi connectivity index (χ0) is 14.4. The smallest absolute Gasteiger partial charge is 0.142 e. The van der Waals surface area contributed by atoms with E-state index in [0.717, 1.165) is 18.7 Å². The van der Waals surface area contributed by atoms with Crippen molar-refractivity contribution in [1.29, 1.82) is 0 Å². The molecule has 4 heteroatoms. The number of hydrogen-bond acceptors (Lipinski definition) is 1. The van der Waals surface area contributed by atoms with E-state index in [0.29, 0.717) is 12.4 Å². The fourth-order valence-corrected chi connectivity index (χ4v) is 2.51. The zero-order valence-electron chi connectivity index (χ0n) is 11.0. The Labute approximate surface area is 128 Å². The van der Waals surface area contributed by atoms with Gasteiger partial charge in [-0.05, 0) is 17.2 Å². The van der Waals surface area contributed by atoms with Gasteiger partial charge in [-0.2, -0.15) is 0 Å². The minimum Gasteiger partial charge on any atom is -0.294 e. The quantitative estimate of drug-likeness (QED) is 0.698. The Balaban J connectivity index is 2.11. The minimum absolute atomic E-state index is 0.195. The molecule has 20 heavy (non-hydrogen) atoms. The van der Waals surface area contributed by atoms with Crippen LogP contribution in [0.1, 0.15) is 11.1 Å². The van der Waals surface area contributed by atoms with E-state index in [-0.39, 0.29) is 10.8 Å². The summed E-state index contributed by atoms with van der Waals surface area (Å²) in [5.41, 5.74) is 1.98. The Morgan fingerprint density at radius 2 is 1.70 bits per heavy atom. The molecule has 0 N–H and O–H groups in total. The molecule has 0 radical (unpaired) electrons. The number of halogens is 3. The molecule has 0 aliphatic carbocycles. The number of nitrogens with zero attached hydrogens (tertiary/aromatic N) is 1. The molecule has 106 valence electrons. The van der Waals surface area contributed by atoms with E-state index < -0.39 is 0 Å². The van der Waals surface area contributed by atoms with Gasteiger partial charge in [-0.1, -0.05) is 54.1 Å². The van der Waals surface area contributed by atoms with Crippen LogP contribution >= 0.6 is 23.2 Å². The van der Waals surface area contributed by atoms with Crippen molar-refractivity contribution in [2.45, 2.75) is 13.1 Å². The second-order valence-electron chi connectivity index (χ2n) is 4.60. The zero-order valence-corrected chi connectivity index (χ0v) is 12.5. The van der Waals surface area contributed by atoms with E-state index in [9.17, 15) is 4.39 Å². The van der Waals surface area contributed by atoms with Crippen LogP contribution in [0, 0.1) is 5.82 Å². The molecule has 0 aliphatic heterocycles. The molecular formula is C16H16Cl2FN. The van der Waals surface area contributed by atoms with Crippen molar-refractivity contribution in [1.82, 2.24) is 4.90 Å². The molecule has 0 fully saturated rings. The first-order valence-electron chi connectivity index (χ1n) is 6.46. The van der Waals surface area contributed by atoms with Crippen LogP contribution in [0.3, 0.4) is 0 Å². The van der Waals surface area contributed by atoms with Gasteiger partial charge >= 0.3 is 0 Å². The van der Waals surface area contributed by atoms with Crippen LogP contribution < -0.4 is 0 Å². The molecule has 0 heterocycles. The minimum atomic E-state index is -0.380. The van der Waals surface area contributed by atoms with Gasteiger partial charge in [0.25, 0.3) is 0 Å². The molecule has 0 amide bonds. The van der Waals surface area contributed by atoms with E-state index in [1.165, 1.54) is 11.6 Å². The molecule has 0 aliphatic rings. The highest BCUT2D eigenvalue weighted by molar-refractivity contribution is 6.31. The average molecular weight is 312 g/mol. The highest BCUT2D eigenvalue weighted by Gasteiger charge is 2.11. The van der Waals surface area contributed by atoms with E-state index in [1.54, 1.807) is 6.07 Å². The lowest BCUT2D eigenvalue weighted by Crippen LogP contribution is -2.25. The fourth-order valence-electron chi connectivity index (χ4n) is 2.09. The molecule has 2 aromatic carbocycles. The van der Waals surface area contributed by atoms with Crippen LogP contribution in [-0.4, -0.2) is 17.3 Å². The summed E-state index contributed by atoms with van der Waals surface area (Å²) in [5, 5.41) is 0.195. The maximum atomic E-state index is 13.5. The summed E-state index contributed by atoms with van der Waals surface area (Å²) < 4.78 is 13.5. The van der Waals surface area contributed by atoms with Crippen LogP contribution in [0.25, 0.3) is 0 Å². The predicted octanol–water partition coefficient (Wildman–Crippen LogP) is 4.72. The highest BCUT2D eigenvalue weighted by Crippen LogP contribution is 2.21. The molecule has 0 atom stereocenters. The summed E-state index contributed by atoms with van der Waals surface area (Å²) in [6.45, 7) is 2.07. The van der Waals surface area contributed by atoms with Crippen molar-refractivity contribution >= 4 is 23.2 Å². The number of hydrogen-bond donors (Lipinski definition) is 0. The lowest BCUT2D eigenvalue weighted by molar-refractivity contribution is 0.273. The van der Waals surface area contributed by atoms with Crippen LogP contribution in [0.2, 0.25) is 5.02 Å². The van der Waals surface area contributed by atoms with Gasteiger partial charge in [0.1, 0.15) is 5.82 Å². The summed E-state index contributed by atoms with van der Waals surface area (Å²) in [6, 6.07) is 15.0. The summed E-state index contributed by atoms with van der Waals surface area (Å²) in [5.74, 6) is 0.148. The second-order valence-corrected chi connectivity index (χ2v) is 5.35. The van der Waals surface area contributed by atoms with E-state index in [1.807, 2.05) is 24.3 Å². The van der Waals surface area contributed by atoms with Crippen molar-refractivity contribution in [3.05, 3.63) is 70.5 Å². The van der Waals surface area contributed by atoms with Gasteiger partial charge in [0.2, 0.25) is 0 Å². The summed E-state index contributed by atoms with van der Waals surface area (Å²) in [4.78, 5) is 2.16. The molecule has 0 bridgehead atoms. The molecule has 0 saturated carbocycles. The number of rotatable bonds is 6. The third kappa shape index (κ3) is 4.20. The Morgan fingerprint density at radius 3 is 2.40 bits per heavy atom. The number of alkyl halides is 1. The Kier molecular flexibility index (Phi) is 5.84. The van der Waals surface area contributed by atoms with Gasteiger partial charge in [-0.25, -0.2) is 4.39 Å². The number of benzene rings is 2. The molecule has 1 nitrogen and oxygen atoms in total. The standard InChI is InChI=1S/C16H16Cl2FN/c17-9-10-20(11-13-5-2-1-3-6-13)12-14-7-4-8-15(19)16(14)18/h1-8H,9-12H2. The van der Waals surface area contributed by atoms with Crippen molar-refractivity contribution < 1.29 is 4.39 Å². The van der Waals surface area contributed by atoms with Crippen molar-refractivity contribution in [2.75, 3.05) is 12.4 Å². The van der Waals surface area contributed by atoms with E-state index in [2.05, 4.69) is 17.0 Å². The summed E-state index contributed by atoms with van der Waals surface area (Å²) in [7, 11) is 0. The molecule has 0 unspecified atom stereocenters. The fraction of sp³-hybridized carbons (Fsp3) is 0.250. The van der Waals surface area contributed by atoms with Gasteiger partial charge in [-0.15, -0.1) is 11.6 Å². The van der Waals surface area contributed by atoms with Gasteiger partial charge < -0.3 is 0 Å². The maximum absolute atomic E-state index is 13.5. The van der Waals surface area contributed by atoms with Crippen molar-refractivity contribution in [3.8, 4) is 0 Å². The lowest BCUT2D eigenvalue weighted by Gasteiger charge is -2.22. The predicted molar refractivity (Wildman–Crippen MR) is 82.7 cm³/mol. The summed E-state index contributed by atoms with van der Waals surface area (Å²) in [6.07, 6.45) is 0. The first-order valence-corrected chi connectivity index (χ1v) is 7.37. The average Bonchev–Trinajstić information content (AvgIpc) is 2.45. The van der Waals surface area contributed by atoms with Crippen LogP contribution in [-0.2, 0) is 13.1 Å². The molecule has 0 saturated heterocycles. The molecule has 0 spiro atoms. The van der Waals surface area contributed by atoms with Crippen LogP contribution in [0.4, 0.5) is 4.39 Å². The van der Waals surface area contributed by atoms with Crippen molar-refractivity contribution in [2.24, 2.45) is 0 Å². The largest absolute Gasteiger partial charge is 0.294 e. The Hall–Kier alpha value is -1.09. The molecule has 2 rings (SSSR count). The normalized spacial score (nSPS) is 11.0. The maximum Gasteiger partial charge on any atom is 0.142 e. The third-order valence-electron chi connectivity index (χ3n) is 3.08. The highest BCUT2D eigenvalue weighted by atomic mass is 35.5. The van der Waals surface area contributed by atoms with Gasteiger partial charge in [0, 0.05) is 25.5 Å². The van der Waals surface area contributed by atoms with Gasteiger partial charge in [0.15, 0.2) is 0 Å². The second kappa shape index (κ2) is 7.63. The van der Waals surface area contributed by atoms with Gasteiger partial charge in [-0.3, -0.25) is 4.90 Å². The van der Waals surface area contributed by atoms with E-state index in [4.69, 9.17) is 23.2 Å². The lowest BCUT2D eigenvalue weighted by atomic mass is 10.1. The Bertz CT molecular complexity index is 545. The van der Waals surface area contributed by atoms with Gasteiger partial charge in [0.05, 0.1) is 5.02 Å². The SMILES string of the molecule is Fc1cccc(CN(CCCl)Cc2ccccc2)c1Cl. The topological polar surface area (TPSA) is 3.24 Å². The summed E-state index contributed by atoms with van der Waals surface area (Å²) >= 11 is 11.9. The first-order chi connectivity index (χ1) is 9.70. The molecule has 0 aromatic heterocycles. The Morgan fingerprint density at radius 1 is 0.950 bits per heavy atom.